The highest BCUT2D eigenvalue weighted by atomic mass is 16.5. The van der Waals surface area contributed by atoms with Gasteiger partial charge < -0.3 is 20.3 Å². The Bertz CT molecular complexity index is 893. The first-order chi connectivity index (χ1) is 29.0. The van der Waals surface area contributed by atoms with Gasteiger partial charge in [-0.3, -0.25) is 9.59 Å². The van der Waals surface area contributed by atoms with E-state index < -0.39 is 18.2 Å². The minimum atomic E-state index is -0.783. The van der Waals surface area contributed by atoms with Crippen molar-refractivity contribution >= 4 is 11.9 Å². The van der Waals surface area contributed by atoms with Crippen molar-refractivity contribution in [3.05, 3.63) is 12.2 Å². The van der Waals surface area contributed by atoms with E-state index in [1.807, 2.05) is 0 Å². The number of amides is 1. The number of rotatable bonds is 48. The fourth-order valence-electron chi connectivity index (χ4n) is 8.31. The maximum absolute atomic E-state index is 13.2. The van der Waals surface area contributed by atoms with Gasteiger partial charge in [0.1, 0.15) is 6.10 Å². The number of unbranched alkanes of at least 4 members (excludes halogenated alkanes) is 34. The zero-order valence-corrected chi connectivity index (χ0v) is 39.9. The molecule has 0 saturated carbocycles. The molecule has 0 aromatic rings. The Morgan fingerprint density at radius 3 is 1.24 bits per heavy atom. The summed E-state index contributed by atoms with van der Waals surface area (Å²) in [6, 6.07) is -0.696. The first-order valence-corrected chi connectivity index (χ1v) is 26.4. The molecule has 6 nitrogen and oxygen atoms in total. The summed E-state index contributed by atoms with van der Waals surface area (Å²) >= 11 is 0. The Kier molecular flexibility index (Phi) is 46.5. The number of hydrogen-bond donors (Lipinski definition) is 3. The normalized spacial score (nSPS) is 13.2. The fraction of sp³-hybridized carbons (Fsp3) is 0.925. The zero-order chi connectivity index (χ0) is 43.1. The van der Waals surface area contributed by atoms with Crippen LogP contribution in [0.1, 0.15) is 290 Å². The van der Waals surface area contributed by atoms with Crippen molar-refractivity contribution in [2.75, 3.05) is 6.61 Å². The molecule has 0 rings (SSSR count). The van der Waals surface area contributed by atoms with Crippen molar-refractivity contribution in [1.82, 2.24) is 5.32 Å². The Morgan fingerprint density at radius 2 is 0.814 bits per heavy atom. The van der Waals surface area contributed by atoms with Crippen LogP contribution in [0.5, 0.6) is 0 Å². The van der Waals surface area contributed by atoms with E-state index in [9.17, 15) is 19.8 Å². The molecule has 3 N–H and O–H groups in total. The third-order valence-corrected chi connectivity index (χ3v) is 12.3. The van der Waals surface area contributed by atoms with E-state index in [1.54, 1.807) is 0 Å². The molecule has 0 aliphatic rings. The number of aliphatic hydroxyl groups excluding tert-OH is 2. The molecule has 0 spiro atoms. The van der Waals surface area contributed by atoms with Crippen molar-refractivity contribution < 1.29 is 24.5 Å². The van der Waals surface area contributed by atoms with Gasteiger partial charge in [-0.25, -0.2) is 0 Å². The zero-order valence-electron chi connectivity index (χ0n) is 39.9. The third kappa shape index (κ3) is 43.1. The molecule has 0 aliphatic carbocycles. The van der Waals surface area contributed by atoms with Crippen LogP contribution < -0.4 is 5.32 Å². The van der Waals surface area contributed by atoms with E-state index >= 15 is 0 Å². The van der Waals surface area contributed by atoms with Crippen molar-refractivity contribution in [3.63, 3.8) is 0 Å². The average molecular weight is 834 g/mol. The summed E-state index contributed by atoms with van der Waals surface area (Å²) in [6.07, 6.45) is 52.7. The van der Waals surface area contributed by atoms with Crippen molar-refractivity contribution in [1.29, 1.82) is 0 Å². The highest BCUT2D eigenvalue weighted by Gasteiger charge is 2.24. The second-order valence-corrected chi connectivity index (χ2v) is 18.3. The molecule has 3 atom stereocenters. The van der Waals surface area contributed by atoms with Crippen molar-refractivity contribution in [3.8, 4) is 0 Å². The van der Waals surface area contributed by atoms with Gasteiger partial charge in [-0.15, -0.1) is 0 Å². The Morgan fingerprint density at radius 1 is 0.475 bits per heavy atom. The molecule has 0 aliphatic heterocycles. The summed E-state index contributed by atoms with van der Waals surface area (Å²) in [5.74, 6) is -0.467. The number of carbonyl (C=O) groups excluding carboxylic acids is 2. The lowest BCUT2D eigenvalue weighted by atomic mass is 10.0. The van der Waals surface area contributed by atoms with Crippen LogP contribution in [0.3, 0.4) is 0 Å². The lowest BCUT2D eigenvalue weighted by Crippen LogP contribution is -2.46. The third-order valence-electron chi connectivity index (χ3n) is 12.3. The highest BCUT2D eigenvalue weighted by Crippen LogP contribution is 2.18. The maximum Gasteiger partial charge on any atom is 0.306 e. The minimum absolute atomic E-state index is 0.0815. The number of esters is 1. The smallest absolute Gasteiger partial charge is 0.306 e. The van der Waals surface area contributed by atoms with Gasteiger partial charge in [0.25, 0.3) is 0 Å². The monoisotopic (exact) mass is 834 g/mol. The molecule has 0 aromatic heterocycles. The predicted octanol–water partition coefficient (Wildman–Crippen LogP) is 15.7. The fourth-order valence-corrected chi connectivity index (χ4v) is 8.31. The molecule has 0 radical (unpaired) electrons. The molecule has 0 fully saturated rings. The topological polar surface area (TPSA) is 95.9 Å². The average Bonchev–Trinajstić information content (AvgIpc) is 3.23. The van der Waals surface area contributed by atoms with Crippen LogP contribution in [-0.4, -0.2) is 46.9 Å². The van der Waals surface area contributed by atoms with E-state index in [4.69, 9.17) is 4.74 Å². The van der Waals surface area contributed by atoms with E-state index in [2.05, 4.69) is 38.2 Å². The van der Waals surface area contributed by atoms with Gasteiger partial charge in [0.15, 0.2) is 0 Å². The summed E-state index contributed by atoms with van der Waals surface area (Å²) in [5.41, 5.74) is 0. The van der Waals surface area contributed by atoms with E-state index in [-0.39, 0.29) is 24.9 Å². The highest BCUT2D eigenvalue weighted by molar-refractivity contribution is 5.77. The van der Waals surface area contributed by atoms with E-state index in [0.717, 1.165) is 51.4 Å². The van der Waals surface area contributed by atoms with Gasteiger partial charge in [0, 0.05) is 6.42 Å². The summed E-state index contributed by atoms with van der Waals surface area (Å²) < 4.78 is 5.93. The number of ether oxygens (including phenoxy) is 1. The predicted molar refractivity (Wildman–Crippen MR) is 255 cm³/mol. The van der Waals surface area contributed by atoms with Crippen LogP contribution in [0.2, 0.25) is 0 Å². The Hall–Kier alpha value is -1.40. The number of hydrogen-bond acceptors (Lipinski definition) is 5. The molecule has 59 heavy (non-hydrogen) atoms. The lowest BCUT2D eigenvalue weighted by Gasteiger charge is -2.24. The van der Waals surface area contributed by atoms with Gasteiger partial charge in [-0.1, -0.05) is 238 Å². The number of nitrogens with one attached hydrogen (secondary N) is 1. The number of allylic oxidation sites excluding steroid dienone is 2. The molecule has 0 aromatic carbocycles. The first kappa shape index (κ1) is 57.6. The largest absolute Gasteiger partial charge is 0.462 e. The molecule has 3 unspecified atom stereocenters. The second-order valence-electron chi connectivity index (χ2n) is 18.3. The van der Waals surface area contributed by atoms with Crippen molar-refractivity contribution in [2.24, 2.45) is 0 Å². The van der Waals surface area contributed by atoms with E-state index in [0.29, 0.717) is 19.3 Å². The van der Waals surface area contributed by atoms with Crippen LogP contribution >= 0.6 is 0 Å². The van der Waals surface area contributed by atoms with Crippen LogP contribution in [0, 0.1) is 0 Å². The van der Waals surface area contributed by atoms with Crippen LogP contribution in [0.4, 0.5) is 0 Å². The summed E-state index contributed by atoms with van der Waals surface area (Å²) in [6.45, 7) is 6.48. The molecule has 0 heterocycles. The summed E-state index contributed by atoms with van der Waals surface area (Å²) in [5, 5.41) is 23.8. The molecule has 350 valence electrons. The van der Waals surface area contributed by atoms with Crippen molar-refractivity contribution in [2.45, 2.75) is 309 Å². The van der Waals surface area contributed by atoms with Gasteiger partial charge >= 0.3 is 5.97 Å². The second kappa shape index (κ2) is 47.6. The van der Waals surface area contributed by atoms with Gasteiger partial charge in [-0.05, 0) is 51.4 Å². The van der Waals surface area contributed by atoms with Gasteiger partial charge in [0.2, 0.25) is 5.91 Å². The summed E-state index contributed by atoms with van der Waals surface area (Å²) in [4.78, 5) is 26.1. The minimum Gasteiger partial charge on any atom is -0.462 e. The van der Waals surface area contributed by atoms with Gasteiger partial charge in [-0.2, -0.15) is 0 Å². The molecule has 0 bridgehead atoms. The first-order valence-electron chi connectivity index (χ1n) is 26.4. The van der Waals surface area contributed by atoms with E-state index in [1.165, 1.54) is 193 Å². The molecular formula is C53H103NO5. The number of carbonyl (C=O) groups is 2. The molecule has 1 amide bonds. The van der Waals surface area contributed by atoms with Crippen LogP contribution in [0.15, 0.2) is 12.2 Å². The molecule has 6 heteroatoms. The quantitative estimate of drug-likeness (QED) is 0.0322. The standard InChI is InChI=1S/C53H103NO5/c1-4-7-10-13-16-19-22-25-26-28-30-33-36-39-42-45-51(56)50(48-55)54-52(57)47-49(44-41-38-35-32-29-27-23-20-17-14-11-8-5-2)59-53(58)46-43-40-37-34-31-24-21-18-15-12-9-6-3/h18,21,49-51,55-56H,4-17,19-20,22-48H2,1-3H3,(H,54,57)/b21-18-. The number of aliphatic hydroxyl groups is 2. The Balaban J connectivity index is 4.50. The Labute approximate surface area is 368 Å². The summed E-state index contributed by atoms with van der Waals surface area (Å²) in [7, 11) is 0. The van der Waals surface area contributed by atoms with Crippen LogP contribution in [-0.2, 0) is 14.3 Å². The SMILES string of the molecule is CCCCC/C=C\CCCCCCCC(=O)OC(CCCCCCCCCCCCCCC)CC(=O)NC(CO)C(O)CCCCCCCCCCCCCCCCC. The molecular weight excluding hydrogens is 731 g/mol. The lowest BCUT2D eigenvalue weighted by molar-refractivity contribution is -0.151. The van der Waals surface area contributed by atoms with Crippen LogP contribution in [0.25, 0.3) is 0 Å². The van der Waals surface area contributed by atoms with Gasteiger partial charge in [0.05, 0.1) is 25.2 Å². The molecule has 0 saturated heterocycles. The maximum atomic E-state index is 13.2.